The molecule has 0 saturated heterocycles. The van der Waals surface area contributed by atoms with E-state index >= 15 is 0 Å². The summed E-state index contributed by atoms with van der Waals surface area (Å²) >= 11 is 2.65. The van der Waals surface area contributed by atoms with Crippen molar-refractivity contribution < 1.29 is 23.5 Å². The molecule has 30 heavy (non-hydrogen) atoms. The van der Waals surface area contributed by atoms with Crippen LogP contribution in [0.3, 0.4) is 0 Å². The molecule has 0 bridgehead atoms. The van der Waals surface area contributed by atoms with E-state index in [0.717, 1.165) is 5.56 Å². The van der Waals surface area contributed by atoms with E-state index in [9.17, 15) is 14.0 Å². The van der Waals surface area contributed by atoms with Crippen molar-refractivity contribution in [3.8, 4) is 11.5 Å². The number of aromatic nitrogens is 2. The van der Waals surface area contributed by atoms with E-state index in [1.807, 2.05) is 0 Å². The third-order valence-electron chi connectivity index (χ3n) is 3.97. The van der Waals surface area contributed by atoms with Crippen LogP contribution in [0.25, 0.3) is 0 Å². The van der Waals surface area contributed by atoms with Gasteiger partial charge in [0.25, 0.3) is 5.91 Å². The van der Waals surface area contributed by atoms with Crippen molar-refractivity contribution in [3.05, 3.63) is 59.4 Å². The third-order valence-corrected chi connectivity index (χ3v) is 6.02. The van der Waals surface area contributed by atoms with Crippen molar-refractivity contribution in [1.82, 2.24) is 15.5 Å². The first kappa shape index (κ1) is 20.1. The lowest BCUT2D eigenvalue weighted by molar-refractivity contribution is -0.115. The number of amides is 2. The van der Waals surface area contributed by atoms with Crippen LogP contribution in [0.1, 0.15) is 15.9 Å². The Morgan fingerprint density at radius 2 is 1.90 bits per heavy atom. The number of halogens is 1. The summed E-state index contributed by atoms with van der Waals surface area (Å²) in [4.78, 5) is 24.3. The maximum absolute atomic E-state index is 12.9. The normalized spacial score (nSPS) is 11.9. The van der Waals surface area contributed by atoms with Gasteiger partial charge in [-0.05, 0) is 35.9 Å². The minimum absolute atomic E-state index is 0.120. The zero-order valence-electron chi connectivity index (χ0n) is 15.4. The Morgan fingerprint density at radius 3 is 2.73 bits per heavy atom. The number of anilines is 1. The summed E-state index contributed by atoms with van der Waals surface area (Å²) in [7, 11) is 0. The van der Waals surface area contributed by atoms with E-state index in [4.69, 9.17) is 9.47 Å². The average molecular weight is 446 g/mol. The summed E-state index contributed by atoms with van der Waals surface area (Å²) in [6.07, 6.45) is 0. The van der Waals surface area contributed by atoms with Gasteiger partial charge in [0.15, 0.2) is 15.8 Å². The molecule has 2 N–H and O–H groups in total. The second-order valence-electron chi connectivity index (χ2n) is 6.09. The Hall–Kier alpha value is -3.18. The summed E-state index contributed by atoms with van der Waals surface area (Å²) in [6, 6.07) is 11.0. The first-order valence-corrected chi connectivity index (χ1v) is 10.6. The lowest BCUT2D eigenvalue weighted by atomic mass is 10.2. The number of nitrogens with zero attached hydrogens (tertiary/aromatic N) is 2. The summed E-state index contributed by atoms with van der Waals surface area (Å²) in [5.41, 5.74) is 1.32. The number of carbonyl (C=O) groups excluding carboxylic acids is 2. The molecule has 0 saturated carbocycles. The first-order valence-electron chi connectivity index (χ1n) is 8.75. The lowest BCUT2D eigenvalue weighted by Crippen LogP contribution is -2.32. The topological polar surface area (TPSA) is 102 Å². The van der Waals surface area contributed by atoms with Crippen molar-refractivity contribution >= 4 is 40.0 Å². The predicted molar refractivity (Wildman–Crippen MR) is 109 cm³/mol. The molecule has 2 amide bonds. The highest BCUT2D eigenvalue weighted by Gasteiger charge is 2.17. The maximum Gasteiger partial charge on any atom is 0.251 e. The molecule has 154 valence electrons. The number of thioether (sulfide) groups is 1. The first-order chi connectivity index (χ1) is 14.6. The second kappa shape index (κ2) is 9.09. The molecule has 1 aliphatic heterocycles. The predicted octanol–water partition coefficient (Wildman–Crippen LogP) is 3.07. The SMILES string of the molecule is O=C(CNC(=O)c1ccc2c(c1)OCO2)Nc1nnc(SCc2ccc(F)cc2)s1. The van der Waals surface area contributed by atoms with Gasteiger partial charge in [-0.1, -0.05) is 35.2 Å². The number of fused-ring (bicyclic) bond motifs is 1. The van der Waals surface area contributed by atoms with Crippen LogP contribution < -0.4 is 20.1 Å². The second-order valence-corrected chi connectivity index (χ2v) is 8.29. The standard InChI is InChI=1S/C19H15FN4O4S2/c20-13-4-1-11(2-5-13)9-29-19-24-23-18(30-19)22-16(25)8-21-17(26)12-3-6-14-15(7-12)28-10-27-14/h1-7H,8-10H2,(H,21,26)(H,22,23,25). The highest BCUT2D eigenvalue weighted by molar-refractivity contribution is 8.00. The largest absolute Gasteiger partial charge is 0.454 e. The zero-order valence-corrected chi connectivity index (χ0v) is 17.0. The quantitative estimate of drug-likeness (QED) is 0.425. The van der Waals surface area contributed by atoms with E-state index in [2.05, 4.69) is 20.8 Å². The Labute approximate surface area is 178 Å². The Kier molecular flexibility index (Phi) is 6.10. The minimum atomic E-state index is -0.421. The van der Waals surface area contributed by atoms with Crippen LogP contribution in [0.4, 0.5) is 9.52 Å². The number of benzene rings is 2. The molecule has 0 spiro atoms. The van der Waals surface area contributed by atoms with Crippen molar-refractivity contribution in [2.24, 2.45) is 0 Å². The molecule has 2 heterocycles. The van der Waals surface area contributed by atoms with Crippen molar-refractivity contribution in [2.45, 2.75) is 10.1 Å². The average Bonchev–Trinajstić information content (AvgIpc) is 3.40. The van der Waals surface area contributed by atoms with Gasteiger partial charge < -0.3 is 14.8 Å². The molecule has 0 unspecified atom stereocenters. The van der Waals surface area contributed by atoms with Gasteiger partial charge in [-0.3, -0.25) is 14.9 Å². The van der Waals surface area contributed by atoms with Crippen molar-refractivity contribution in [2.75, 3.05) is 18.7 Å². The van der Waals surface area contributed by atoms with E-state index < -0.39 is 11.8 Å². The van der Waals surface area contributed by atoms with Crippen molar-refractivity contribution in [3.63, 3.8) is 0 Å². The fourth-order valence-corrected chi connectivity index (χ4v) is 4.23. The van der Waals surface area contributed by atoms with Gasteiger partial charge >= 0.3 is 0 Å². The van der Waals surface area contributed by atoms with E-state index in [-0.39, 0.29) is 19.2 Å². The van der Waals surface area contributed by atoms with Gasteiger partial charge in [-0.2, -0.15) is 0 Å². The molecule has 1 aromatic heterocycles. The van der Waals surface area contributed by atoms with E-state index in [1.165, 1.54) is 35.2 Å². The Bertz CT molecular complexity index is 1070. The van der Waals surface area contributed by atoms with Gasteiger partial charge in [-0.15, -0.1) is 10.2 Å². The minimum Gasteiger partial charge on any atom is -0.454 e. The van der Waals surface area contributed by atoms with Crippen LogP contribution >= 0.6 is 23.1 Å². The number of nitrogens with one attached hydrogen (secondary N) is 2. The van der Waals surface area contributed by atoms with Crippen molar-refractivity contribution in [1.29, 1.82) is 0 Å². The smallest absolute Gasteiger partial charge is 0.251 e. The van der Waals surface area contributed by atoms with E-state index in [1.54, 1.807) is 30.3 Å². The molecule has 8 nitrogen and oxygen atoms in total. The van der Waals surface area contributed by atoms with Crippen LogP contribution in [-0.2, 0) is 10.5 Å². The van der Waals surface area contributed by atoms with Gasteiger partial charge in [0.1, 0.15) is 5.82 Å². The molecular weight excluding hydrogens is 431 g/mol. The number of rotatable bonds is 7. The lowest BCUT2D eigenvalue weighted by Gasteiger charge is -2.05. The van der Waals surface area contributed by atoms with Crippen LogP contribution in [0, 0.1) is 5.82 Å². The van der Waals surface area contributed by atoms with E-state index in [0.29, 0.717) is 32.3 Å². The molecule has 0 radical (unpaired) electrons. The molecule has 2 aromatic carbocycles. The van der Waals surface area contributed by atoms with Gasteiger partial charge in [0.2, 0.25) is 17.8 Å². The molecule has 0 fully saturated rings. The summed E-state index contributed by atoms with van der Waals surface area (Å²) in [6.45, 7) is -0.0975. The number of hydrogen-bond donors (Lipinski definition) is 2. The van der Waals surface area contributed by atoms with Crippen LogP contribution in [-0.4, -0.2) is 35.3 Å². The zero-order chi connectivity index (χ0) is 20.9. The maximum atomic E-state index is 12.9. The molecule has 1 aliphatic rings. The number of ether oxygens (including phenoxy) is 2. The van der Waals surface area contributed by atoms with Crippen LogP contribution in [0.5, 0.6) is 11.5 Å². The number of hydrogen-bond acceptors (Lipinski definition) is 8. The highest BCUT2D eigenvalue weighted by Crippen LogP contribution is 2.32. The fourth-order valence-electron chi connectivity index (χ4n) is 2.51. The van der Waals surface area contributed by atoms with Gasteiger partial charge in [-0.25, -0.2) is 4.39 Å². The summed E-state index contributed by atoms with van der Waals surface area (Å²) < 4.78 is 24.0. The summed E-state index contributed by atoms with van der Waals surface area (Å²) in [5, 5.41) is 13.4. The molecule has 0 aliphatic carbocycles. The highest BCUT2D eigenvalue weighted by atomic mass is 32.2. The number of carbonyl (C=O) groups is 2. The molecule has 0 atom stereocenters. The molecule has 4 rings (SSSR count). The monoisotopic (exact) mass is 446 g/mol. The summed E-state index contributed by atoms with van der Waals surface area (Å²) in [5.74, 6) is 0.566. The van der Waals surface area contributed by atoms with Crippen LogP contribution in [0.2, 0.25) is 0 Å². The van der Waals surface area contributed by atoms with Gasteiger partial charge in [0, 0.05) is 11.3 Å². The fraction of sp³-hybridized carbons (Fsp3) is 0.158. The molecule has 3 aromatic rings. The third kappa shape index (κ3) is 5.05. The Balaban J connectivity index is 1.24. The molecular formula is C19H15FN4O4S2. The van der Waals surface area contributed by atoms with Crippen LogP contribution in [0.15, 0.2) is 46.8 Å². The Morgan fingerprint density at radius 1 is 1.10 bits per heavy atom. The van der Waals surface area contributed by atoms with Gasteiger partial charge in [0.05, 0.1) is 6.54 Å². The molecule has 11 heteroatoms.